The summed E-state index contributed by atoms with van der Waals surface area (Å²) in [4.78, 5) is 11.7. The molecule has 0 saturated carbocycles. The van der Waals surface area contributed by atoms with Gasteiger partial charge in [0.15, 0.2) is 0 Å². The van der Waals surface area contributed by atoms with E-state index in [1.807, 2.05) is 0 Å². The van der Waals surface area contributed by atoms with Gasteiger partial charge in [-0.15, -0.1) is 12.4 Å². The predicted molar refractivity (Wildman–Crippen MR) is 67.5 cm³/mol. The number of rotatable bonds is 1. The van der Waals surface area contributed by atoms with E-state index in [1.54, 1.807) is 0 Å². The first-order chi connectivity index (χ1) is 8.02. The second-order valence-corrected chi connectivity index (χ2v) is 4.52. The Morgan fingerprint density at radius 3 is 2.44 bits per heavy atom. The first-order valence-electron chi connectivity index (χ1n) is 4.94. The molecule has 0 spiro atoms. The van der Waals surface area contributed by atoms with Crippen LogP contribution in [0.2, 0.25) is 10.0 Å². The average Bonchev–Trinajstić information content (AvgIpc) is 2.29. The van der Waals surface area contributed by atoms with Gasteiger partial charge in [-0.2, -0.15) is 5.10 Å². The zero-order valence-corrected chi connectivity index (χ0v) is 11.3. The van der Waals surface area contributed by atoms with Crippen molar-refractivity contribution in [1.29, 1.82) is 0 Å². The minimum atomic E-state index is -1.54. The molecular formula is C9H10Cl3F2N3O. The normalized spacial score (nSPS) is 24.7. The van der Waals surface area contributed by atoms with E-state index in [0.717, 1.165) is 10.9 Å². The molecule has 4 nitrogen and oxygen atoms in total. The number of halogens is 5. The van der Waals surface area contributed by atoms with Crippen LogP contribution in [0.5, 0.6) is 0 Å². The second-order valence-electron chi connectivity index (χ2n) is 3.74. The fourth-order valence-corrected chi connectivity index (χ4v) is 2.03. The first kappa shape index (κ1) is 15.6. The largest absolute Gasteiger partial charge is 0.311 e. The topological polar surface area (TPSA) is 46.9 Å². The fraction of sp³-hybridized carbons (Fsp3) is 0.556. The van der Waals surface area contributed by atoms with Gasteiger partial charge in [-0.25, -0.2) is 13.5 Å². The molecule has 0 radical (unpaired) electrons. The van der Waals surface area contributed by atoms with Crippen LogP contribution in [0.15, 0.2) is 11.0 Å². The third-order valence-corrected chi connectivity index (χ3v) is 3.35. The summed E-state index contributed by atoms with van der Waals surface area (Å²) >= 11 is 11.2. The van der Waals surface area contributed by atoms with Gasteiger partial charge < -0.3 is 5.32 Å². The molecule has 9 heteroatoms. The molecule has 1 aliphatic heterocycles. The molecule has 0 unspecified atom stereocenters. The summed E-state index contributed by atoms with van der Waals surface area (Å²) in [5.41, 5.74) is -0.781. The average molecular weight is 321 g/mol. The minimum absolute atomic E-state index is 0. The maximum atomic E-state index is 13.6. The molecule has 18 heavy (non-hydrogen) atoms. The van der Waals surface area contributed by atoms with Crippen molar-refractivity contribution in [3.05, 3.63) is 26.6 Å². The SMILES string of the molecule is Cl.O=c1c(Cl)c(Cl)cnn1C1[C@@H](F)CNC[C@@H]1F. The van der Waals surface area contributed by atoms with E-state index in [-0.39, 0.29) is 35.5 Å². The summed E-state index contributed by atoms with van der Waals surface area (Å²) in [6.45, 7) is -0.0566. The third kappa shape index (κ3) is 2.77. The fourth-order valence-electron chi connectivity index (χ4n) is 1.77. The highest BCUT2D eigenvalue weighted by Crippen LogP contribution is 2.24. The van der Waals surface area contributed by atoms with Gasteiger partial charge in [-0.3, -0.25) is 4.79 Å². The maximum Gasteiger partial charge on any atom is 0.287 e. The standard InChI is InChI=1S/C9H9Cl2F2N3O.ClH/c10-4-1-15-16(9(17)7(4)11)8-5(12)2-14-3-6(8)13;/h1,5-6,8,14H,2-3H2;1H/t5-,6-;/m0./s1. The molecule has 2 atom stereocenters. The van der Waals surface area contributed by atoms with E-state index in [1.165, 1.54) is 0 Å². The highest BCUT2D eigenvalue weighted by molar-refractivity contribution is 6.41. The van der Waals surface area contributed by atoms with Crippen molar-refractivity contribution >= 4 is 35.6 Å². The molecule has 1 aliphatic rings. The smallest absolute Gasteiger partial charge is 0.287 e. The quantitative estimate of drug-likeness (QED) is 0.858. The summed E-state index contributed by atoms with van der Waals surface area (Å²) in [6, 6.07) is -1.27. The number of hydrogen-bond acceptors (Lipinski definition) is 3. The van der Waals surface area contributed by atoms with Crippen LogP contribution in [0.25, 0.3) is 0 Å². The van der Waals surface area contributed by atoms with Gasteiger partial charge in [0.05, 0.1) is 11.2 Å². The van der Waals surface area contributed by atoms with Gasteiger partial charge in [-0.1, -0.05) is 23.2 Å². The third-order valence-electron chi connectivity index (χ3n) is 2.60. The van der Waals surface area contributed by atoms with Crippen molar-refractivity contribution in [3.63, 3.8) is 0 Å². The molecule has 2 rings (SSSR count). The van der Waals surface area contributed by atoms with Gasteiger partial charge in [0.2, 0.25) is 0 Å². The van der Waals surface area contributed by atoms with E-state index in [4.69, 9.17) is 23.2 Å². The molecule has 2 heterocycles. The van der Waals surface area contributed by atoms with Crippen LogP contribution in [0.3, 0.4) is 0 Å². The molecule has 1 N–H and O–H groups in total. The number of aromatic nitrogens is 2. The summed E-state index contributed by atoms with van der Waals surface area (Å²) in [6.07, 6.45) is -1.98. The lowest BCUT2D eigenvalue weighted by molar-refractivity contribution is 0.0847. The lowest BCUT2D eigenvalue weighted by Crippen LogP contribution is -2.50. The zero-order chi connectivity index (χ0) is 12.6. The van der Waals surface area contributed by atoms with Crippen molar-refractivity contribution in [2.75, 3.05) is 13.1 Å². The molecule has 102 valence electrons. The highest BCUT2D eigenvalue weighted by Gasteiger charge is 2.36. The van der Waals surface area contributed by atoms with Crippen molar-refractivity contribution in [1.82, 2.24) is 15.1 Å². The Hall–Kier alpha value is -0.430. The van der Waals surface area contributed by atoms with Crippen molar-refractivity contribution in [2.45, 2.75) is 18.4 Å². The molecule has 1 aromatic heterocycles. The molecule has 1 aromatic rings. The lowest BCUT2D eigenvalue weighted by Gasteiger charge is -2.30. The molecular weight excluding hydrogens is 310 g/mol. The van der Waals surface area contributed by atoms with Crippen LogP contribution in [-0.2, 0) is 0 Å². The molecule has 1 fully saturated rings. The van der Waals surface area contributed by atoms with Crippen LogP contribution in [-0.4, -0.2) is 35.2 Å². The molecule has 0 aromatic carbocycles. The summed E-state index contributed by atoms with van der Waals surface area (Å²) in [7, 11) is 0. The Kier molecular flexibility index (Phi) is 5.33. The Labute approximate surface area is 118 Å². The maximum absolute atomic E-state index is 13.6. The van der Waals surface area contributed by atoms with E-state index in [2.05, 4.69) is 10.4 Å². The number of nitrogens with one attached hydrogen (secondary N) is 1. The zero-order valence-electron chi connectivity index (χ0n) is 8.95. The van der Waals surface area contributed by atoms with Gasteiger partial charge in [0, 0.05) is 13.1 Å². The van der Waals surface area contributed by atoms with Crippen molar-refractivity contribution in [3.8, 4) is 0 Å². The number of piperidine rings is 1. The Balaban J connectivity index is 0.00000162. The first-order valence-corrected chi connectivity index (χ1v) is 5.69. The Bertz CT molecular complexity index is 475. The van der Waals surface area contributed by atoms with E-state index in [9.17, 15) is 13.6 Å². The number of nitrogens with zero attached hydrogens (tertiary/aromatic N) is 2. The molecule has 0 aliphatic carbocycles. The van der Waals surface area contributed by atoms with Gasteiger partial charge >= 0.3 is 0 Å². The van der Waals surface area contributed by atoms with Crippen LogP contribution >= 0.6 is 35.6 Å². The monoisotopic (exact) mass is 319 g/mol. The van der Waals surface area contributed by atoms with Crippen molar-refractivity contribution < 1.29 is 8.78 Å². The summed E-state index contributed by atoms with van der Waals surface area (Å²) in [5, 5.41) is 5.91. The van der Waals surface area contributed by atoms with Crippen LogP contribution in [0.1, 0.15) is 6.04 Å². The van der Waals surface area contributed by atoms with Gasteiger partial charge in [0.1, 0.15) is 23.4 Å². The van der Waals surface area contributed by atoms with E-state index in [0.29, 0.717) is 0 Å². The molecule has 0 bridgehead atoms. The van der Waals surface area contributed by atoms with Crippen molar-refractivity contribution in [2.24, 2.45) is 0 Å². The number of alkyl halides is 2. The Morgan fingerprint density at radius 1 is 1.33 bits per heavy atom. The van der Waals surface area contributed by atoms with Gasteiger partial charge in [-0.05, 0) is 0 Å². The summed E-state index contributed by atoms with van der Waals surface area (Å²) < 4.78 is 28.0. The predicted octanol–water partition coefficient (Wildman–Crippen LogP) is 1.79. The van der Waals surface area contributed by atoms with Crippen LogP contribution in [0, 0.1) is 0 Å². The highest BCUT2D eigenvalue weighted by atomic mass is 35.5. The van der Waals surface area contributed by atoms with Crippen LogP contribution < -0.4 is 10.9 Å². The van der Waals surface area contributed by atoms with E-state index >= 15 is 0 Å². The number of hydrogen-bond donors (Lipinski definition) is 1. The minimum Gasteiger partial charge on any atom is -0.311 e. The molecule has 1 saturated heterocycles. The Morgan fingerprint density at radius 2 is 1.89 bits per heavy atom. The summed E-state index contributed by atoms with van der Waals surface area (Å²) in [5.74, 6) is 0. The van der Waals surface area contributed by atoms with Gasteiger partial charge in [0.25, 0.3) is 5.56 Å². The lowest BCUT2D eigenvalue weighted by atomic mass is 10.0. The van der Waals surface area contributed by atoms with Crippen LogP contribution in [0.4, 0.5) is 8.78 Å². The second kappa shape index (κ2) is 6.14. The van der Waals surface area contributed by atoms with E-state index < -0.39 is 23.9 Å². The molecule has 0 amide bonds.